The Hall–Kier alpha value is -2.67. The first-order chi connectivity index (χ1) is 11.2. The van der Waals surface area contributed by atoms with Crippen LogP contribution in [-0.4, -0.2) is 22.8 Å². The maximum absolute atomic E-state index is 13.6. The normalized spacial score (nSPS) is 27.8. The zero-order chi connectivity index (χ0) is 15.9. The molecule has 0 radical (unpaired) electrons. The quantitative estimate of drug-likeness (QED) is 0.631. The van der Waals surface area contributed by atoms with Crippen molar-refractivity contribution in [3.8, 4) is 11.8 Å². The van der Waals surface area contributed by atoms with Crippen molar-refractivity contribution < 1.29 is 9.18 Å². The van der Waals surface area contributed by atoms with Crippen molar-refractivity contribution >= 4 is 6.41 Å². The molecule has 1 saturated carbocycles. The zero-order valence-electron chi connectivity index (χ0n) is 12.4. The molecule has 1 aromatic heterocycles. The molecule has 1 aromatic carbocycles. The van der Waals surface area contributed by atoms with Gasteiger partial charge in [0.25, 0.3) is 0 Å². The first-order valence-electron chi connectivity index (χ1n) is 7.64. The van der Waals surface area contributed by atoms with Gasteiger partial charge in [-0.25, -0.2) is 9.37 Å². The van der Waals surface area contributed by atoms with Gasteiger partial charge in [-0.1, -0.05) is 24.1 Å². The van der Waals surface area contributed by atoms with Crippen LogP contribution in [0.3, 0.4) is 0 Å². The van der Waals surface area contributed by atoms with Crippen LogP contribution >= 0.6 is 0 Å². The molecular formula is C19H15FN2O. The molecule has 2 fully saturated rings. The molecule has 4 heteroatoms. The zero-order valence-corrected chi connectivity index (χ0v) is 12.4. The van der Waals surface area contributed by atoms with Gasteiger partial charge >= 0.3 is 0 Å². The lowest BCUT2D eigenvalue weighted by Crippen LogP contribution is -2.28. The van der Waals surface area contributed by atoms with Gasteiger partial charge in [-0.2, -0.15) is 0 Å². The molecule has 3 unspecified atom stereocenters. The number of benzene rings is 1. The van der Waals surface area contributed by atoms with Crippen LogP contribution in [0.5, 0.6) is 0 Å². The number of halogens is 1. The van der Waals surface area contributed by atoms with Crippen molar-refractivity contribution in [1.29, 1.82) is 0 Å². The summed E-state index contributed by atoms with van der Waals surface area (Å²) in [4.78, 5) is 17.4. The minimum absolute atomic E-state index is 0.183. The summed E-state index contributed by atoms with van der Waals surface area (Å²) in [6.45, 7) is 0.682. The van der Waals surface area contributed by atoms with Crippen molar-refractivity contribution in [2.75, 3.05) is 6.54 Å². The van der Waals surface area contributed by atoms with E-state index in [9.17, 15) is 9.18 Å². The molecule has 0 bridgehead atoms. The van der Waals surface area contributed by atoms with Crippen LogP contribution in [0, 0.1) is 29.0 Å². The van der Waals surface area contributed by atoms with Crippen LogP contribution < -0.4 is 0 Å². The second-order valence-corrected chi connectivity index (χ2v) is 6.17. The van der Waals surface area contributed by atoms with E-state index >= 15 is 0 Å². The van der Waals surface area contributed by atoms with E-state index in [1.807, 2.05) is 24.3 Å². The summed E-state index contributed by atoms with van der Waals surface area (Å²) in [6.07, 6.45) is 3.51. The molecule has 1 aliphatic heterocycles. The maximum atomic E-state index is 13.6. The van der Waals surface area contributed by atoms with Gasteiger partial charge in [0.2, 0.25) is 6.41 Å². The molecule has 1 saturated heterocycles. The summed E-state index contributed by atoms with van der Waals surface area (Å²) in [7, 11) is 0. The molecule has 23 heavy (non-hydrogen) atoms. The number of hydrogen-bond donors (Lipinski definition) is 0. The van der Waals surface area contributed by atoms with Gasteiger partial charge in [-0.3, -0.25) is 4.79 Å². The highest BCUT2D eigenvalue weighted by Gasteiger charge is 2.65. The van der Waals surface area contributed by atoms with E-state index in [1.165, 1.54) is 12.1 Å². The second kappa shape index (κ2) is 5.20. The van der Waals surface area contributed by atoms with E-state index in [0.717, 1.165) is 24.1 Å². The van der Waals surface area contributed by atoms with Crippen molar-refractivity contribution in [3.63, 3.8) is 0 Å². The lowest BCUT2D eigenvalue weighted by Gasteiger charge is -2.27. The Morgan fingerprint density at radius 3 is 2.96 bits per heavy atom. The Kier molecular flexibility index (Phi) is 3.16. The van der Waals surface area contributed by atoms with Crippen molar-refractivity contribution in [2.45, 2.75) is 12.5 Å². The minimum Gasteiger partial charge on any atom is -0.336 e. The third-order valence-corrected chi connectivity index (χ3v) is 4.79. The number of carbonyl (C=O) groups is 1. The van der Waals surface area contributed by atoms with Crippen molar-refractivity contribution in [3.05, 3.63) is 65.7 Å². The van der Waals surface area contributed by atoms with E-state index in [0.29, 0.717) is 12.5 Å². The Morgan fingerprint density at radius 1 is 1.30 bits per heavy atom. The van der Waals surface area contributed by atoms with Crippen LogP contribution in [0.2, 0.25) is 0 Å². The Balaban J connectivity index is 1.73. The lowest BCUT2D eigenvalue weighted by molar-refractivity contribution is -0.119. The SMILES string of the molecule is O=CN1CC2CC2(C#Cc2ccccn2)C1c1cccc(F)c1. The molecule has 3 atom stereocenters. The van der Waals surface area contributed by atoms with Crippen LogP contribution in [-0.2, 0) is 4.79 Å². The van der Waals surface area contributed by atoms with Crippen molar-refractivity contribution in [2.24, 2.45) is 11.3 Å². The predicted octanol–water partition coefficient (Wildman–Crippen LogP) is 2.79. The van der Waals surface area contributed by atoms with E-state index in [2.05, 4.69) is 16.8 Å². The average molecular weight is 306 g/mol. The number of nitrogens with zero attached hydrogens (tertiary/aromatic N) is 2. The van der Waals surface area contributed by atoms with Gasteiger partial charge in [0, 0.05) is 12.7 Å². The molecule has 114 valence electrons. The third kappa shape index (κ3) is 2.29. The highest BCUT2D eigenvalue weighted by molar-refractivity contribution is 5.54. The molecule has 2 aromatic rings. The molecular weight excluding hydrogens is 291 g/mol. The Labute approximate surface area is 134 Å². The number of aromatic nitrogens is 1. The number of likely N-dealkylation sites (tertiary alicyclic amines) is 1. The Bertz CT molecular complexity index is 811. The number of piperidine rings is 1. The summed E-state index contributed by atoms with van der Waals surface area (Å²) in [5.41, 5.74) is 1.26. The van der Waals surface area contributed by atoms with Crippen LogP contribution in [0.4, 0.5) is 4.39 Å². The molecule has 4 rings (SSSR count). The lowest BCUT2D eigenvalue weighted by atomic mass is 9.90. The summed E-state index contributed by atoms with van der Waals surface area (Å²) >= 11 is 0. The van der Waals surface area contributed by atoms with Gasteiger partial charge in [-0.15, -0.1) is 0 Å². The topological polar surface area (TPSA) is 33.2 Å². The Morgan fingerprint density at radius 2 is 2.22 bits per heavy atom. The predicted molar refractivity (Wildman–Crippen MR) is 83.6 cm³/mol. The smallest absolute Gasteiger partial charge is 0.210 e. The van der Waals surface area contributed by atoms with Gasteiger partial charge < -0.3 is 4.90 Å². The summed E-state index contributed by atoms with van der Waals surface area (Å²) < 4.78 is 13.6. The van der Waals surface area contributed by atoms with E-state index in [4.69, 9.17) is 0 Å². The highest BCUT2D eigenvalue weighted by atomic mass is 19.1. The summed E-state index contributed by atoms with van der Waals surface area (Å²) in [5, 5.41) is 0. The fourth-order valence-electron chi connectivity index (χ4n) is 3.67. The molecule has 0 spiro atoms. The number of carbonyl (C=O) groups excluding carboxylic acids is 1. The number of fused-ring (bicyclic) bond motifs is 1. The number of rotatable bonds is 2. The number of amides is 1. The summed E-state index contributed by atoms with van der Waals surface area (Å²) in [6, 6.07) is 11.9. The first-order valence-corrected chi connectivity index (χ1v) is 7.64. The van der Waals surface area contributed by atoms with Gasteiger partial charge in [0.05, 0.1) is 11.5 Å². The first kappa shape index (κ1) is 14.0. The number of hydrogen-bond acceptors (Lipinski definition) is 2. The molecule has 2 heterocycles. The van der Waals surface area contributed by atoms with Crippen molar-refractivity contribution in [1.82, 2.24) is 9.88 Å². The molecule has 2 aliphatic rings. The largest absolute Gasteiger partial charge is 0.336 e. The summed E-state index contributed by atoms with van der Waals surface area (Å²) in [5.74, 6) is 6.55. The van der Waals surface area contributed by atoms with E-state index in [-0.39, 0.29) is 17.3 Å². The molecule has 3 nitrogen and oxygen atoms in total. The molecule has 0 N–H and O–H groups in total. The van der Waals surface area contributed by atoms with E-state index in [1.54, 1.807) is 17.2 Å². The standard InChI is InChI=1S/C19H15FN2O/c20-16-5-3-4-14(10-16)18-19(11-15(19)12-22(18)13-23)8-7-17-6-1-2-9-21-17/h1-6,9-10,13,15,18H,11-12H2. The van der Waals surface area contributed by atoms with Gasteiger partial charge in [-0.05, 0) is 48.1 Å². The third-order valence-electron chi connectivity index (χ3n) is 4.79. The number of pyridine rings is 1. The van der Waals surface area contributed by atoms with Gasteiger partial charge in [0.15, 0.2) is 0 Å². The average Bonchev–Trinajstić information content (AvgIpc) is 3.18. The fraction of sp³-hybridized carbons (Fsp3) is 0.263. The van der Waals surface area contributed by atoms with Gasteiger partial charge in [0.1, 0.15) is 11.5 Å². The fourth-order valence-corrected chi connectivity index (χ4v) is 3.67. The highest BCUT2D eigenvalue weighted by Crippen LogP contribution is 2.66. The van der Waals surface area contributed by atoms with Crippen LogP contribution in [0.25, 0.3) is 0 Å². The maximum Gasteiger partial charge on any atom is 0.210 e. The molecule has 1 aliphatic carbocycles. The van der Waals surface area contributed by atoms with Crippen LogP contribution in [0.1, 0.15) is 23.7 Å². The van der Waals surface area contributed by atoms with Crippen LogP contribution in [0.15, 0.2) is 48.7 Å². The van der Waals surface area contributed by atoms with E-state index < -0.39 is 0 Å². The molecule has 1 amide bonds. The monoisotopic (exact) mass is 306 g/mol. The second-order valence-electron chi connectivity index (χ2n) is 6.17. The minimum atomic E-state index is -0.287.